The minimum absolute atomic E-state index is 0.210. The largest absolute Gasteiger partial charge is 0.380 e. The van der Waals surface area contributed by atoms with E-state index in [1.165, 1.54) is 0 Å². The molecule has 0 amide bonds. The topological polar surface area (TPSA) is 104 Å². The fourth-order valence-electron chi connectivity index (χ4n) is 3.51. The molecule has 4 heterocycles. The molecular weight excluding hydrogens is 378 g/mol. The Labute approximate surface area is 171 Å². The third-order valence-electron chi connectivity index (χ3n) is 4.97. The second-order valence-electron chi connectivity index (χ2n) is 7.02. The Balaban J connectivity index is 1.57. The molecule has 4 aromatic heterocycles. The maximum atomic E-state index is 12.7. The first kappa shape index (κ1) is 17.9. The van der Waals surface area contributed by atoms with Crippen molar-refractivity contribution < 1.29 is 0 Å². The monoisotopic (exact) mass is 397 g/mol. The average Bonchev–Trinajstić information content (AvgIpc) is 3.43. The molecule has 0 bridgehead atoms. The van der Waals surface area contributed by atoms with E-state index >= 15 is 0 Å². The van der Waals surface area contributed by atoms with E-state index in [0.29, 0.717) is 23.6 Å². The van der Waals surface area contributed by atoms with Crippen LogP contribution in [-0.4, -0.2) is 29.5 Å². The van der Waals surface area contributed by atoms with Crippen molar-refractivity contribution in [2.24, 2.45) is 0 Å². The van der Waals surface area contributed by atoms with Crippen LogP contribution in [0.2, 0.25) is 0 Å². The second-order valence-corrected chi connectivity index (χ2v) is 7.02. The Hall–Kier alpha value is -4.20. The number of anilines is 1. The van der Waals surface area contributed by atoms with E-state index in [-0.39, 0.29) is 5.56 Å². The minimum Gasteiger partial charge on any atom is -0.380 e. The molecule has 0 saturated carbocycles. The normalized spacial score (nSPS) is 11.1. The van der Waals surface area contributed by atoms with E-state index < -0.39 is 0 Å². The van der Waals surface area contributed by atoms with E-state index in [0.717, 1.165) is 27.8 Å². The molecule has 0 unspecified atom stereocenters. The Morgan fingerprint density at radius 3 is 2.90 bits per heavy atom. The highest BCUT2D eigenvalue weighted by molar-refractivity contribution is 5.86. The van der Waals surface area contributed by atoms with Gasteiger partial charge in [-0.2, -0.15) is 0 Å². The molecule has 0 fully saturated rings. The van der Waals surface area contributed by atoms with Crippen LogP contribution in [0.15, 0.2) is 72.4 Å². The highest BCUT2D eigenvalue weighted by Gasteiger charge is 2.16. The number of aromatic amines is 2. The van der Waals surface area contributed by atoms with E-state index in [9.17, 15) is 4.79 Å². The Kier molecular flexibility index (Phi) is 4.36. The van der Waals surface area contributed by atoms with Crippen LogP contribution in [0.25, 0.3) is 28.1 Å². The van der Waals surface area contributed by atoms with Gasteiger partial charge in [0.05, 0.1) is 23.0 Å². The quantitative estimate of drug-likeness (QED) is 0.422. The SMILES string of the molecule is Cc1cc(-n2ccnc2)cc2[nH]c(-c3c(NCc4cccnc4)cc[nH]c3=O)nc12. The first-order valence-electron chi connectivity index (χ1n) is 9.52. The van der Waals surface area contributed by atoms with Crippen LogP contribution < -0.4 is 10.9 Å². The van der Waals surface area contributed by atoms with Gasteiger partial charge in [0.15, 0.2) is 0 Å². The molecule has 8 heteroatoms. The Morgan fingerprint density at radius 1 is 1.17 bits per heavy atom. The molecule has 5 aromatic rings. The third kappa shape index (κ3) is 3.24. The number of hydrogen-bond donors (Lipinski definition) is 3. The fourth-order valence-corrected chi connectivity index (χ4v) is 3.51. The van der Waals surface area contributed by atoms with E-state index in [1.807, 2.05) is 48.0 Å². The summed E-state index contributed by atoms with van der Waals surface area (Å²) in [6.45, 7) is 2.55. The van der Waals surface area contributed by atoms with Gasteiger partial charge in [0, 0.05) is 43.2 Å². The number of hydrogen-bond acceptors (Lipinski definition) is 5. The number of nitrogens with zero attached hydrogens (tertiary/aromatic N) is 4. The number of imidazole rings is 2. The molecule has 0 spiro atoms. The first-order valence-corrected chi connectivity index (χ1v) is 9.52. The standard InChI is InChI=1S/C22H19N7O/c1-14-9-16(29-8-7-24-13-29)10-18-20(14)28-21(27-18)19-17(4-6-25-22(19)30)26-12-15-3-2-5-23-11-15/h2-11,13H,12H2,1H3,(H,27,28)(H2,25,26,30). The van der Waals surface area contributed by atoms with Crippen molar-refractivity contribution in [3.63, 3.8) is 0 Å². The van der Waals surface area contributed by atoms with Gasteiger partial charge in [-0.1, -0.05) is 6.07 Å². The molecule has 1 aromatic carbocycles. The summed E-state index contributed by atoms with van der Waals surface area (Å²) >= 11 is 0. The van der Waals surface area contributed by atoms with Gasteiger partial charge in [0.2, 0.25) is 0 Å². The van der Waals surface area contributed by atoms with Crippen LogP contribution in [0.4, 0.5) is 5.69 Å². The summed E-state index contributed by atoms with van der Waals surface area (Å²) in [5.41, 5.74) is 5.66. The lowest BCUT2D eigenvalue weighted by Crippen LogP contribution is -2.13. The van der Waals surface area contributed by atoms with E-state index in [4.69, 9.17) is 4.98 Å². The van der Waals surface area contributed by atoms with Crippen molar-refractivity contribution in [2.75, 3.05) is 5.32 Å². The predicted octanol–water partition coefficient (Wildman–Crippen LogP) is 3.42. The smallest absolute Gasteiger partial charge is 0.261 e. The number of pyridine rings is 2. The molecule has 0 aliphatic heterocycles. The van der Waals surface area contributed by atoms with Gasteiger partial charge in [-0.3, -0.25) is 9.78 Å². The van der Waals surface area contributed by atoms with Gasteiger partial charge in [-0.25, -0.2) is 9.97 Å². The van der Waals surface area contributed by atoms with Gasteiger partial charge in [0.25, 0.3) is 5.56 Å². The van der Waals surface area contributed by atoms with Gasteiger partial charge < -0.3 is 19.9 Å². The molecule has 5 rings (SSSR count). The minimum atomic E-state index is -0.210. The van der Waals surface area contributed by atoms with Gasteiger partial charge in [-0.05, 0) is 42.3 Å². The molecule has 0 saturated heterocycles. The zero-order valence-electron chi connectivity index (χ0n) is 16.3. The highest BCUT2D eigenvalue weighted by Crippen LogP contribution is 2.27. The van der Waals surface area contributed by atoms with Crippen LogP contribution >= 0.6 is 0 Å². The van der Waals surface area contributed by atoms with Gasteiger partial charge >= 0.3 is 0 Å². The van der Waals surface area contributed by atoms with Crippen molar-refractivity contribution in [1.29, 1.82) is 0 Å². The third-order valence-corrected chi connectivity index (χ3v) is 4.97. The molecular formula is C22H19N7O. The number of benzene rings is 1. The molecule has 3 N–H and O–H groups in total. The van der Waals surface area contributed by atoms with E-state index in [2.05, 4.69) is 25.3 Å². The van der Waals surface area contributed by atoms with Crippen molar-refractivity contribution in [3.05, 3.63) is 89.1 Å². The second kappa shape index (κ2) is 7.32. The number of nitrogens with one attached hydrogen (secondary N) is 3. The lowest BCUT2D eigenvalue weighted by Gasteiger charge is -2.09. The summed E-state index contributed by atoms with van der Waals surface area (Å²) in [5, 5.41) is 3.33. The van der Waals surface area contributed by atoms with Crippen LogP contribution in [0.5, 0.6) is 0 Å². The molecule has 30 heavy (non-hydrogen) atoms. The Morgan fingerprint density at radius 2 is 2.10 bits per heavy atom. The van der Waals surface area contributed by atoms with Crippen LogP contribution in [0.1, 0.15) is 11.1 Å². The van der Waals surface area contributed by atoms with Crippen molar-refractivity contribution >= 4 is 16.7 Å². The summed E-state index contributed by atoms with van der Waals surface area (Å²) < 4.78 is 1.93. The summed E-state index contributed by atoms with van der Waals surface area (Å²) in [7, 11) is 0. The number of rotatable bonds is 5. The summed E-state index contributed by atoms with van der Waals surface area (Å²) in [6, 6.07) is 9.75. The van der Waals surface area contributed by atoms with Gasteiger partial charge in [-0.15, -0.1) is 0 Å². The van der Waals surface area contributed by atoms with Crippen molar-refractivity contribution in [1.82, 2.24) is 29.5 Å². The first-order chi connectivity index (χ1) is 14.7. The lowest BCUT2D eigenvalue weighted by atomic mass is 10.2. The van der Waals surface area contributed by atoms with E-state index in [1.54, 1.807) is 31.1 Å². The number of H-pyrrole nitrogens is 2. The Bertz CT molecular complexity index is 1370. The molecule has 0 aliphatic rings. The zero-order chi connectivity index (χ0) is 20.5. The van der Waals surface area contributed by atoms with Crippen molar-refractivity contribution in [3.8, 4) is 17.1 Å². The summed E-state index contributed by atoms with van der Waals surface area (Å²) in [4.78, 5) is 31.7. The number of fused-ring (bicyclic) bond motifs is 1. The van der Waals surface area contributed by atoms with Gasteiger partial charge in [0.1, 0.15) is 11.4 Å². The highest BCUT2D eigenvalue weighted by atomic mass is 16.1. The summed E-state index contributed by atoms with van der Waals surface area (Å²) in [5.74, 6) is 0.520. The molecule has 148 valence electrons. The average molecular weight is 397 g/mol. The lowest BCUT2D eigenvalue weighted by molar-refractivity contribution is 1.06. The van der Waals surface area contributed by atoms with Crippen LogP contribution in [0.3, 0.4) is 0 Å². The fraction of sp³-hybridized carbons (Fsp3) is 0.0909. The maximum Gasteiger partial charge on any atom is 0.261 e. The zero-order valence-corrected chi connectivity index (χ0v) is 16.3. The molecule has 0 radical (unpaired) electrons. The molecule has 8 nitrogen and oxygen atoms in total. The number of aryl methyl sites for hydroxylation is 1. The summed E-state index contributed by atoms with van der Waals surface area (Å²) in [6.07, 6.45) is 10.5. The molecule has 0 atom stereocenters. The van der Waals surface area contributed by atoms with Crippen LogP contribution in [0, 0.1) is 6.92 Å². The predicted molar refractivity (Wildman–Crippen MR) is 116 cm³/mol. The maximum absolute atomic E-state index is 12.7. The van der Waals surface area contributed by atoms with Crippen molar-refractivity contribution in [2.45, 2.75) is 13.5 Å². The molecule has 0 aliphatic carbocycles. The number of aromatic nitrogens is 6. The van der Waals surface area contributed by atoms with Crippen LogP contribution in [-0.2, 0) is 6.54 Å².